The molecule has 3 nitrogen and oxygen atoms in total. The number of benzene rings is 1. The minimum absolute atomic E-state index is 0.0288. The second-order valence-corrected chi connectivity index (χ2v) is 6.24. The van der Waals surface area contributed by atoms with Gasteiger partial charge in [0.05, 0.1) is 0 Å². The molecule has 1 aliphatic heterocycles. The molecule has 1 unspecified atom stereocenters. The second-order valence-electron chi connectivity index (χ2n) is 5.30. The molecule has 1 aliphatic rings. The van der Waals surface area contributed by atoms with Crippen molar-refractivity contribution in [2.75, 3.05) is 18.4 Å². The summed E-state index contributed by atoms with van der Waals surface area (Å²) in [5.41, 5.74) is 0.883. The normalized spacial score (nSPS) is 19.6. The first kappa shape index (κ1) is 12.5. The Morgan fingerprint density at radius 3 is 3.16 bits per heavy atom. The summed E-state index contributed by atoms with van der Waals surface area (Å²) in [5.74, 6) is 0.610. The maximum Gasteiger partial charge on any atom is 0.321 e. The fraction of sp³-hybridized carbons (Fsp3) is 0.400. The lowest BCUT2D eigenvalue weighted by Crippen LogP contribution is -2.41. The van der Waals surface area contributed by atoms with Gasteiger partial charge in [-0.05, 0) is 53.8 Å². The molecule has 0 spiro atoms. The van der Waals surface area contributed by atoms with E-state index in [4.69, 9.17) is 0 Å². The number of hydrogen-bond acceptors (Lipinski definition) is 2. The van der Waals surface area contributed by atoms with Crippen LogP contribution in [0.3, 0.4) is 0 Å². The van der Waals surface area contributed by atoms with Crippen LogP contribution in [0.4, 0.5) is 10.5 Å². The second kappa shape index (κ2) is 5.21. The summed E-state index contributed by atoms with van der Waals surface area (Å²) in [7, 11) is 0. The Balaban J connectivity index is 1.71. The van der Waals surface area contributed by atoms with E-state index < -0.39 is 0 Å². The summed E-state index contributed by atoms with van der Waals surface area (Å²) < 4.78 is 1.25. The molecule has 3 rings (SSSR count). The molecule has 1 N–H and O–H groups in total. The van der Waals surface area contributed by atoms with Gasteiger partial charge in [0.2, 0.25) is 0 Å². The number of carbonyl (C=O) groups excluding carboxylic acids is 1. The average Bonchev–Trinajstić information content (AvgIpc) is 2.86. The van der Waals surface area contributed by atoms with Crippen LogP contribution < -0.4 is 5.32 Å². The van der Waals surface area contributed by atoms with Crippen molar-refractivity contribution in [1.82, 2.24) is 4.90 Å². The molecule has 1 fully saturated rings. The van der Waals surface area contributed by atoms with Crippen molar-refractivity contribution in [3.63, 3.8) is 0 Å². The lowest BCUT2D eigenvalue weighted by Gasteiger charge is -2.30. The van der Waals surface area contributed by atoms with Crippen LogP contribution in [0.1, 0.15) is 19.8 Å². The molecule has 2 amide bonds. The molecule has 0 saturated carbocycles. The first-order chi connectivity index (χ1) is 9.22. The van der Waals surface area contributed by atoms with Crippen molar-refractivity contribution >= 4 is 33.1 Å². The van der Waals surface area contributed by atoms with Gasteiger partial charge in [0.25, 0.3) is 0 Å². The lowest BCUT2D eigenvalue weighted by atomic mass is 10.0. The highest BCUT2D eigenvalue weighted by atomic mass is 32.1. The average molecular weight is 274 g/mol. The Kier molecular flexibility index (Phi) is 3.42. The number of amides is 2. The summed E-state index contributed by atoms with van der Waals surface area (Å²) in [6, 6.07) is 8.19. The van der Waals surface area contributed by atoms with Gasteiger partial charge in [-0.2, -0.15) is 0 Å². The molecule has 19 heavy (non-hydrogen) atoms. The topological polar surface area (TPSA) is 32.3 Å². The quantitative estimate of drug-likeness (QED) is 0.832. The van der Waals surface area contributed by atoms with E-state index in [9.17, 15) is 4.79 Å². The number of hydrogen-bond donors (Lipinski definition) is 1. The highest BCUT2D eigenvalue weighted by Crippen LogP contribution is 2.24. The zero-order valence-electron chi connectivity index (χ0n) is 11.1. The number of piperidine rings is 1. The summed E-state index contributed by atoms with van der Waals surface area (Å²) in [6.45, 7) is 3.94. The zero-order chi connectivity index (χ0) is 13.2. The Morgan fingerprint density at radius 2 is 2.32 bits per heavy atom. The summed E-state index contributed by atoms with van der Waals surface area (Å²) in [4.78, 5) is 14.1. The monoisotopic (exact) mass is 274 g/mol. The van der Waals surface area contributed by atoms with Crippen molar-refractivity contribution in [3.8, 4) is 0 Å². The maximum atomic E-state index is 12.2. The fourth-order valence-corrected chi connectivity index (χ4v) is 3.39. The molecule has 0 bridgehead atoms. The van der Waals surface area contributed by atoms with Crippen molar-refractivity contribution in [2.24, 2.45) is 5.92 Å². The van der Waals surface area contributed by atoms with E-state index >= 15 is 0 Å². The predicted molar refractivity (Wildman–Crippen MR) is 80.8 cm³/mol. The van der Waals surface area contributed by atoms with E-state index in [1.165, 1.54) is 16.5 Å². The highest BCUT2D eigenvalue weighted by molar-refractivity contribution is 7.17. The van der Waals surface area contributed by atoms with Gasteiger partial charge in [-0.25, -0.2) is 4.79 Å². The predicted octanol–water partition coefficient (Wildman–Crippen LogP) is 4.17. The Bertz CT molecular complexity index is 593. The minimum Gasteiger partial charge on any atom is -0.324 e. The SMILES string of the molecule is CC1CCCN(C(=O)Nc2ccc3sccc3c2)C1. The molecule has 4 heteroatoms. The number of anilines is 1. The van der Waals surface area contributed by atoms with Gasteiger partial charge in [-0.3, -0.25) is 0 Å². The van der Waals surface area contributed by atoms with Crippen LogP contribution in [0.2, 0.25) is 0 Å². The largest absolute Gasteiger partial charge is 0.324 e. The molecule has 2 aromatic rings. The van der Waals surface area contributed by atoms with Crippen LogP contribution in [0, 0.1) is 5.92 Å². The molecular weight excluding hydrogens is 256 g/mol. The molecule has 2 heterocycles. The van der Waals surface area contributed by atoms with Crippen molar-refractivity contribution in [2.45, 2.75) is 19.8 Å². The fourth-order valence-electron chi connectivity index (χ4n) is 2.62. The number of nitrogens with one attached hydrogen (secondary N) is 1. The molecule has 1 aromatic heterocycles. The van der Waals surface area contributed by atoms with Crippen LogP contribution in [0.5, 0.6) is 0 Å². The number of urea groups is 1. The molecule has 1 aromatic carbocycles. The standard InChI is InChI=1S/C15H18N2OS/c1-11-3-2-7-17(10-11)15(18)16-13-4-5-14-12(9-13)6-8-19-14/h4-6,8-9,11H,2-3,7,10H2,1H3,(H,16,18). The van der Waals surface area contributed by atoms with Crippen LogP contribution in [-0.2, 0) is 0 Å². The Morgan fingerprint density at radius 1 is 1.42 bits per heavy atom. The lowest BCUT2D eigenvalue weighted by molar-refractivity contribution is 0.182. The van der Waals surface area contributed by atoms with Crippen molar-refractivity contribution in [1.29, 1.82) is 0 Å². The van der Waals surface area contributed by atoms with Gasteiger partial charge in [0.1, 0.15) is 0 Å². The number of rotatable bonds is 1. The molecule has 100 valence electrons. The van der Waals surface area contributed by atoms with Gasteiger partial charge < -0.3 is 10.2 Å². The Hall–Kier alpha value is -1.55. The summed E-state index contributed by atoms with van der Waals surface area (Å²) in [5, 5.41) is 6.27. The zero-order valence-corrected chi connectivity index (χ0v) is 11.9. The van der Waals surface area contributed by atoms with Gasteiger partial charge in [0.15, 0.2) is 0 Å². The first-order valence-electron chi connectivity index (χ1n) is 6.75. The van der Waals surface area contributed by atoms with E-state index in [2.05, 4.69) is 29.8 Å². The van der Waals surface area contributed by atoms with E-state index in [-0.39, 0.29) is 6.03 Å². The van der Waals surface area contributed by atoms with Gasteiger partial charge in [-0.1, -0.05) is 6.92 Å². The third kappa shape index (κ3) is 2.73. The summed E-state index contributed by atoms with van der Waals surface area (Å²) >= 11 is 1.72. The number of thiophene rings is 1. The molecule has 0 radical (unpaired) electrons. The molecule has 1 atom stereocenters. The van der Waals surface area contributed by atoms with Crippen LogP contribution >= 0.6 is 11.3 Å². The Labute approximate surface area is 117 Å². The highest BCUT2D eigenvalue weighted by Gasteiger charge is 2.20. The van der Waals surface area contributed by atoms with Crippen LogP contribution in [0.15, 0.2) is 29.6 Å². The third-order valence-corrected chi connectivity index (χ3v) is 4.55. The van der Waals surface area contributed by atoms with Gasteiger partial charge >= 0.3 is 6.03 Å². The first-order valence-corrected chi connectivity index (χ1v) is 7.63. The van der Waals surface area contributed by atoms with Gasteiger partial charge in [0, 0.05) is 23.5 Å². The minimum atomic E-state index is 0.0288. The van der Waals surface area contributed by atoms with Crippen LogP contribution in [0.25, 0.3) is 10.1 Å². The maximum absolute atomic E-state index is 12.2. The molecular formula is C15H18N2OS. The van der Waals surface area contributed by atoms with Gasteiger partial charge in [-0.15, -0.1) is 11.3 Å². The number of carbonyl (C=O) groups is 1. The third-order valence-electron chi connectivity index (χ3n) is 3.65. The molecule has 0 aliphatic carbocycles. The van der Waals surface area contributed by atoms with E-state index in [0.29, 0.717) is 5.92 Å². The van der Waals surface area contributed by atoms with Crippen molar-refractivity contribution < 1.29 is 4.79 Å². The number of fused-ring (bicyclic) bond motifs is 1. The van der Waals surface area contributed by atoms with Crippen molar-refractivity contribution in [3.05, 3.63) is 29.6 Å². The number of likely N-dealkylation sites (tertiary alicyclic amines) is 1. The molecule has 1 saturated heterocycles. The van der Waals surface area contributed by atoms with E-state index in [1.807, 2.05) is 17.0 Å². The van der Waals surface area contributed by atoms with E-state index in [1.54, 1.807) is 11.3 Å². The van der Waals surface area contributed by atoms with Crippen LogP contribution in [-0.4, -0.2) is 24.0 Å². The number of nitrogens with zero attached hydrogens (tertiary/aromatic N) is 1. The van der Waals surface area contributed by atoms with E-state index in [0.717, 1.165) is 25.2 Å². The smallest absolute Gasteiger partial charge is 0.321 e. The summed E-state index contributed by atoms with van der Waals surface area (Å²) in [6.07, 6.45) is 2.34.